The lowest BCUT2D eigenvalue weighted by Crippen LogP contribution is -2.33. The topological polar surface area (TPSA) is 29.9 Å². The molecule has 0 aliphatic heterocycles. The van der Waals surface area contributed by atoms with Crippen molar-refractivity contribution >= 4 is 11.6 Å². The Morgan fingerprint density at radius 1 is 1.47 bits per heavy atom. The van der Waals surface area contributed by atoms with Crippen LogP contribution in [0.2, 0.25) is 5.02 Å². The Bertz CT molecular complexity index is 360. The third-order valence-electron chi connectivity index (χ3n) is 3.69. The third-order valence-corrected chi connectivity index (χ3v) is 3.98. The van der Waals surface area contributed by atoms with Gasteiger partial charge in [0, 0.05) is 18.5 Å². The van der Waals surface area contributed by atoms with Gasteiger partial charge in [0.25, 0.3) is 0 Å². The highest BCUT2D eigenvalue weighted by atomic mass is 35.5. The molecule has 0 aromatic carbocycles. The van der Waals surface area contributed by atoms with E-state index >= 15 is 0 Å². The highest BCUT2D eigenvalue weighted by molar-refractivity contribution is 6.31. The summed E-state index contributed by atoms with van der Waals surface area (Å²) in [5.41, 5.74) is 1.25. The fourth-order valence-corrected chi connectivity index (χ4v) is 3.24. The van der Waals surface area contributed by atoms with E-state index in [-0.39, 0.29) is 0 Å². The smallest absolute Gasteiger partial charge is 0.0820 e. The third kappa shape index (κ3) is 2.83. The first kappa shape index (κ1) is 12.9. The number of aromatic nitrogens is 2. The van der Waals surface area contributed by atoms with Crippen molar-refractivity contribution < 1.29 is 0 Å². The van der Waals surface area contributed by atoms with Gasteiger partial charge in [-0.15, -0.1) is 0 Å². The highest BCUT2D eigenvalue weighted by Crippen LogP contribution is 2.36. The van der Waals surface area contributed by atoms with Gasteiger partial charge < -0.3 is 5.32 Å². The van der Waals surface area contributed by atoms with Crippen LogP contribution in [-0.2, 0) is 6.54 Å². The maximum absolute atomic E-state index is 6.28. The molecular weight excluding hydrogens is 234 g/mol. The first-order chi connectivity index (χ1) is 8.26. The van der Waals surface area contributed by atoms with Crippen molar-refractivity contribution in [2.24, 2.45) is 0 Å². The van der Waals surface area contributed by atoms with Crippen LogP contribution < -0.4 is 5.32 Å². The zero-order valence-electron chi connectivity index (χ0n) is 10.7. The molecule has 0 saturated heterocycles. The summed E-state index contributed by atoms with van der Waals surface area (Å²) in [6.45, 7) is 6.26. The van der Waals surface area contributed by atoms with Gasteiger partial charge in [-0.25, -0.2) is 0 Å². The first-order valence-electron chi connectivity index (χ1n) is 6.70. The van der Waals surface area contributed by atoms with E-state index in [2.05, 4.69) is 28.9 Å². The van der Waals surface area contributed by atoms with Crippen molar-refractivity contribution in [3.63, 3.8) is 0 Å². The minimum absolute atomic E-state index is 0.572. The summed E-state index contributed by atoms with van der Waals surface area (Å²) in [4.78, 5) is 0. The molecule has 1 aliphatic rings. The molecule has 1 aromatic heterocycles. The van der Waals surface area contributed by atoms with Gasteiger partial charge in [-0.1, -0.05) is 24.9 Å². The van der Waals surface area contributed by atoms with E-state index in [0.29, 0.717) is 12.0 Å². The number of rotatable bonds is 4. The summed E-state index contributed by atoms with van der Waals surface area (Å²) in [6.07, 6.45) is 6.81. The number of hydrogen-bond acceptors (Lipinski definition) is 2. The van der Waals surface area contributed by atoms with E-state index in [1.165, 1.54) is 31.4 Å². The van der Waals surface area contributed by atoms with Gasteiger partial charge in [0.15, 0.2) is 0 Å². The van der Waals surface area contributed by atoms with Crippen LogP contribution in [0.1, 0.15) is 51.1 Å². The lowest BCUT2D eigenvalue weighted by atomic mass is 9.83. The average Bonchev–Trinajstić information content (AvgIpc) is 2.71. The van der Waals surface area contributed by atoms with Gasteiger partial charge in [-0.2, -0.15) is 5.10 Å². The van der Waals surface area contributed by atoms with E-state index in [9.17, 15) is 0 Å². The molecule has 2 atom stereocenters. The second-order valence-corrected chi connectivity index (χ2v) is 5.22. The number of aryl methyl sites for hydroxylation is 1. The van der Waals surface area contributed by atoms with Crippen LogP contribution in [0.4, 0.5) is 0 Å². The summed E-state index contributed by atoms with van der Waals surface area (Å²) in [7, 11) is 0. The van der Waals surface area contributed by atoms with Gasteiger partial charge in [-0.3, -0.25) is 4.68 Å². The minimum atomic E-state index is 0.572. The summed E-state index contributed by atoms with van der Waals surface area (Å²) < 4.78 is 2.06. The number of hydrogen-bond donors (Lipinski definition) is 1. The minimum Gasteiger partial charge on any atom is -0.314 e. The monoisotopic (exact) mass is 255 g/mol. The van der Waals surface area contributed by atoms with Crippen LogP contribution in [-0.4, -0.2) is 22.4 Å². The molecule has 1 N–H and O–H groups in total. The first-order valence-corrected chi connectivity index (χ1v) is 7.08. The van der Waals surface area contributed by atoms with Crippen molar-refractivity contribution in [1.82, 2.24) is 15.1 Å². The quantitative estimate of drug-likeness (QED) is 0.896. The summed E-state index contributed by atoms with van der Waals surface area (Å²) in [5.74, 6) is 0.572. The molecule has 1 saturated carbocycles. The maximum atomic E-state index is 6.28. The Morgan fingerprint density at radius 2 is 2.29 bits per heavy atom. The Kier molecular flexibility index (Phi) is 4.46. The van der Waals surface area contributed by atoms with Crippen LogP contribution in [0.3, 0.4) is 0 Å². The lowest BCUT2D eigenvalue weighted by molar-refractivity contribution is 0.333. The number of nitrogens with one attached hydrogen (secondary N) is 1. The van der Waals surface area contributed by atoms with Crippen molar-refractivity contribution in [2.45, 2.75) is 58.0 Å². The molecule has 0 amide bonds. The van der Waals surface area contributed by atoms with Crippen molar-refractivity contribution in [3.05, 3.63) is 16.9 Å². The van der Waals surface area contributed by atoms with Gasteiger partial charge in [-0.05, 0) is 32.7 Å². The normalized spacial score (nSPS) is 25.1. The average molecular weight is 256 g/mol. The molecular formula is C13H22ClN3. The molecule has 1 aromatic rings. The molecule has 0 spiro atoms. The number of nitrogens with zero attached hydrogens (tertiary/aromatic N) is 2. The Morgan fingerprint density at radius 3 is 3.00 bits per heavy atom. The van der Waals surface area contributed by atoms with E-state index in [1.54, 1.807) is 6.20 Å². The van der Waals surface area contributed by atoms with E-state index in [0.717, 1.165) is 18.1 Å². The molecule has 1 fully saturated rings. The molecule has 1 heterocycles. The van der Waals surface area contributed by atoms with Gasteiger partial charge in [0.1, 0.15) is 0 Å². The molecule has 2 unspecified atom stereocenters. The second kappa shape index (κ2) is 5.87. The zero-order valence-corrected chi connectivity index (χ0v) is 11.5. The van der Waals surface area contributed by atoms with E-state index < -0.39 is 0 Å². The Hall–Kier alpha value is -0.540. The van der Waals surface area contributed by atoms with Crippen LogP contribution in [0, 0.1) is 0 Å². The van der Waals surface area contributed by atoms with Crippen molar-refractivity contribution in [1.29, 1.82) is 0 Å². The van der Waals surface area contributed by atoms with E-state index in [1.807, 2.05) is 0 Å². The summed E-state index contributed by atoms with van der Waals surface area (Å²) in [5, 5.41) is 8.75. The fourth-order valence-electron chi connectivity index (χ4n) is 2.94. The Labute approximate surface area is 109 Å². The molecule has 4 heteroatoms. The fraction of sp³-hybridized carbons (Fsp3) is 0.769. The SMILES string of the molecule is CCNC1CCCC(c2c(Cl)cnn2CC)C1. The molecule has 17 heavy (non-hydrogen) atoms. The van der Waals surface area contributed by atoms with Gasteiger partial charge >= 0.3 is 0 Å². The summed E-state index contributed by atoms with van der Waals surface area (Å²) >= 11 is 6.28. The van der Waals surface area contributed by atoms with Crippen LogP contribution in [0.25, 0.3) is 0 Å². The predicted octanol–water partition coefficient (Wildman–Crippen LogP) is 3.19. The molecule has 2 rings (SSSR count). The summed E-state index contributed by atoms with van der Waals surface area (Å²) in [6, 6.07) is 0.648. The second-order valence-electron chi connectivity index (χ2n) is 4.81. The molecule has 3 nitrogen and oxygen atoms in total. The lowest BCUT2D eigenvalue weighted by Gasteiger charge is -2.30. The number of halogens is 1. The largest absolute Gasteiger partial charge is 0.314 e. The van der Waals surface area contributed by atoms with E-state index in [4.69, 9.17) is 11.6 Å². The molecule has 96 valence electrons. The molecule has 0 radical (unpaired) electrons. The zero-order chi connectivity index (χ0) is 12.3. The van der Waals surface area contributed by atoms with Gasteiger partial charge in [0.2, 0.25) is 0 Å². The van der Waals surface area contributed by atoms with Crippen LogP contribution >= 0.6 is 11.6 Å². The molecule has 1 aliphatic carbocycles. The molecule has 0 bridgehead atoms. The predicted molar refractivity (Wildman–Crippen MR) is 71.6 cm³/mol. The maximum Gasteiger partial charge on any atom is 0.0820 e. The standard InChI is InChI=1S/C13H22ClN3/c1-3-15-11-7-5-6-10(8-11)13-12(14)9-16-17(13)4-2/h9-11,15H,3-8H2,1-2H3. The van der Waals surface area contributed by atoms with Crippen molar-refractivity contribution in [3.8, 4) is 0 Å². The van der Waals surface area contributed by atoms with Crippen LogP contribution in [0.5, 0.6) is 0 Å². The van der Waals surface area contributed by atoms with Crippen LogP contribution in [0.15, 0.2) is 6.20 Å². The highest BCUT2D eigenvalue weighted by Gasteiger charge is 2.26. The van der Waals surface area contributed by atoms with Gasteiger partial charge in [0.05, 0.1) is 16.9 Å². The Balaban J connectivity index is 2.12. The van der Waals surface area contributed by atoms with Crippen molar-refractivity contribution in [2.75, 3.05) is 6.54 Å².